The van der Waals surface area contributed by atoms with Gasteiger partial charge in [-0.2, -0.15) is 0 Å². The molecule has 0 aliphatic carbocycles. The van der Waals surface area contributed by atoms with Gasteiger partial charge in [0.15, 0.2) is 0 Å². The quantitative estimate of drug-likeness (QED) is 0.945. The lowest BCUT2D eigenvalue weighted by Crippen LogP contribution is -2.45. The molecule has 1 atom stereocenters. The van der Waals surface area contributed by atoms with Crippen molar-refractivity contribution in [1.82, 2.24) is 15.2 Å². The SMILES string of the molecule is Fc1cncc(CN2CCNCC2c2cccc(Cl)c2)c1. The summed E-state index contributed by atoms with van der Waals surface area (Å²) in [7, 11) is 0. The fourth-order valence-corrected chi connectivity index (χ4v) is 2.95. The first-order valence-electron chi connectivity index (χ1n) is 7.02. The van der Waals surface area contributed by atoms with Crippen molar-refractivity contribution >= 4 is 11.6 Å². The number of hydrogen-bond acceptors (Lipinski definition) is 3. The van der Waals surface area contributed by atoms with Gasteiger partial charge < -0.3 is 5.32 Å². The summed E-state index contributed by atoms with van der Waals surface area (Å²) in [6.07, 6.45) is 2.95. The Bertz CT molecular complexity index is 620. The van der Waals surface area contributed by atoms with Crippen molar-refractivity contribution in [3.63, 3.8) is 0 Å². The van der Waals surface area contributed by atoms with Crippen LogP contribution in [-0.4, -0.2) is 29.5 Å². The standard InChI is InChI=1S/C16H17ClFN3/c17-14-3-1-2-13(7-14)16-10-19-4-5-21(16)11-12-6-15(18)9-20-8-12/h1-3,6-9,16,19H,4-5,10-11H2. The van der Waals surface area contributed by atoms with E-state index in [4.69, 9.17) is 11.6 Å². The van der Waals surface area contributed by atoms with Crippen LogP contribution in [0.4, 0.5) is 4.39 Å². The Morgan fingerprint density at radius 1 is 1.33 bits per heavy atom. The molecule has 5 heteroatoms. The second-order valence-electron chi connectivity index (χ2n) is 5.26. The molecule has 0 spiro atoms. The van der Waals surface area contributed by atoms with Crippen LogP contribution in [0.1, 0.15) is 17.2 Å². The molecular weight excluding hydrogens is 289 g/mol. The van der Waals surface area contributed by atoms with Crippen LogP contribution in [0.15, 0.2) is 42.7 Å². The Morgan fingerprint density at radius 2 is 2.24 bits per heavy atom. The maximum Gasteiger partial charge on any atom is 0.141 e. The zero-order chi connectivity index (χ0) is 14.7. The molecule has 3 rings (SSSR count). The van der Waals surface area contributed by atoms with Gasteiger partial charge >= 0.3 is 0 Å². The van der Waals surface area contributed by atoms with E-state index in [1.54, 1.807) is 12.3 Å². The predicted octanol–water partition coefficient (Wildman–Crippen LogP) is 3.02. The molecule has 110 valence electrons. The van der Waals surface area contributed by atoms with E-state index in [1.165, 1.54) is 11.8 Å². The van der Waals surface area contributed by atoms with Gasteiger partial charge in [0.2, 0.25) is 0 Å². The minimum atomic E-state index is -0.290. The van der Waals surface area contributed by atoms with E-state index in [-0.39, 0.29) is 11.9 Å². The number of nitrogens with zero attached hydrogens (tertiary/aromatic N) is 2. The van der Waals surface area contributed by atoms with Crippen molar-refractivity contribution in [2.45, 2.75) is 12.6 Å². The van der Waals surface area contributed by atoms with Crippen LogP contribution in [0, 0.1) is 5.82 Å². The molecule has 1 fully saturated rings. The van der Waals surface area contributed by atoms with Crippen LogP contribution in [0.3, 0.4) is 0 Å². The highest BCUT2D eigenvalue weighted by Gasteiger charge is 2.24. The fourth-order valence-electron chi connectivity index (χ4n) is 2.75. The summed E-state index contributed by atoms with van der Waals surface area (Å²) in [6.45, 7) is 3.39. The van der Waals surface area contributed by atoms with E-state index in [0.29, 0.717) is 6.54 Å². The third kappa shape index (κ3) is 3.59. The highest BCUT2D eigenvalue weighted by atomic mass is 35.5. The summed E-state index contributed by atoms with van der Waals surface area (Å²) in [5, 5.41) is 4.15. The van der Waals surface area contributed by atoms with Crippen molar-refractivity contribution in [1.29, 1.82) is 0 Å². The van der Waals surface area contributed by atoms with E-state index >= 15 is 0 Å². The van der Waals surface area contributed by atoms with E-state index in [2.05, 4.69) is 21.3 Å². The lowest BCUT2D eigenvalue weighted by molar-refractivity contribution is 0.153. The molecule has 1 unspecified atom stereocenters. The number of nitrogens with one attached hydrogen (secondary N) is 1. The second kappa shape index (κ2) is 6.52. The number of benzene rings is 1. The molecule has 1 aliphatic rings. The van der Waals surface area contributed by atoms with Crippen molar-refractivity contribution in [2.24, 2.45) is 0 Å². The Hall–Kier alpha value is -1.49. The molecule has 2 heterocycles. The van der Waals surface area contributed by atoms with Crippen molar-refractivity contribution in [3.8, 4) is 0 Å². The normalized spacial score (nSPS) is 19.6. The maximum atomic E-state index is 13.3. The van der Waals surface area contributed by atoms with Crippen LogP contribution in [0.2, 0.25) is 5.02 Å². The first-order valence-corrected chi connectivity index (χ1v) is 7.40. The Labute approximate surface area is 128 Å². The Morgan fingerprint density at radius 3 is 3.05 bits per heavy atom. The number of piperazine rings is 1. The van der Waals surface area contributed by atoms with Gasteiger partial charge in [0.05, 0.1) is 6.20 Å². The second-order valence-corrected chi connectivity index (χ2v) is 5.69. The highest BCUT2D eigenvalue weighted by molar-refractivity contribution is 6.30. The Kier molecular flexibility index (Phi) is 4.48. The van der Waals surface area contributed by atoms with Crippen molar-refractivity contribution < 1.29 is 4.39 Å². The molecule has 1 N–H and O–H groups in total. The van der Waals surface area contributed by atoms with Crippen molar-refractivity contribution in [3.05, 3.63) is 64.7 Å². The van der Waals surface area contributed by atoms with Gasteiger partial charge in [-0.3, -0.25) is 9.88 Å². The van der Waals surface area contributed by atoms with E-state index in [9.17, 15) is 4.39 Å². The lowest BCUT2D eigenvalue weighted by Gasteiger charge is -2.36. The first-order chi connectivity index (χ1) is 10.2. The lowest BCUT2D eigenvalue weighted by atomic mass is 10.0. The van der Waals surface area contributed by atoms with Crippen LogP contribution in [0.5, 0.6) is 0 Å². The van der Waals surface area contributed by atoms with Gasteiger partial charge in [-0.1, -0.05) is 23.7 Å². The van der Waals surface area contributed by atoms with E-state index in [1.807, 2.05) is 18.2 Å². The summed E-state index contributed by atoms with van der Waals surface area (Å²) in [6, 6.07) is 9.71. The Balaban J connectivity index is 1.81. The molecule has 1 aromatic heterocycles. The van der Waals surface area contributed by atoms with E-state index in [0.717, 1.165) is 30.2 Å². The number of hydrogen-bond donors (Lipinski definition) is 1. The zero-order valence-corrected chi connectivity index (χ0v) is 12.4. The molecule has 21 heavy (non-hydrogen) atoms. The number of pyridine rings is 1. The minimum Gasteiger partial charge on any atom is -0.314 e. The average Bonchev–Trinajstić information content (AvgIpc) is 2.48. The predicted molar refractivity (Wildman–Crippen MR) is 81.7 cm³/mol. The monoisotopic (exact) mass is 305 g/mol. The summed E-state index contributed by atoms with van der Waals surface area (Å²) >= 11 is 6.09. The highest BCUT2D eigenvalue weighted by Crippen LogP contribution is 2.26. The number of rotatable bonds is 3. The fraction of sp³-hybridized carbons (Fsp3) is 0.312. The van der Waals surface area contributed by atoms with Gasteiger partial charge in [-0.05, 0) is 29.3 Å². The molecule has 0 radical (unpaired) electrons. The molecule has 1 aromatic carbocycles. The molecule has 1 aliphatic heterocycles. The summed E-state index contributed by atoms with van der Waals surface area (Å²) in [5.41, 5.74) is 2.07. The smallest absolute Gasteiger partial charge is 0.141 e. The number of aromatic nitrogens is 1. The van der Waals surface area contributed by atoms with Gasteiger partial charge in [0.1, 0.15) is 5.82 Å². The topological polar surface area (TPSA) is 28.2 Å². The van der Waals surface area contributed by atoms with Crippen LogP contribution >= 0.6 is 11.6 Å². The zero-order valence-electron chi connectivity index (χ0n) is 11.6. The largest absolute Gasteiger partial charge is 0.314 e. The van der Waals surface area contributed by atoms with Gasteiger partial charge in [-0.15, -0.1) is 0 Å². The first kappa shape index (κ1) is 14.4. The average molecular weight is 306 g/mol. The van der Waals surface area contributed by atoms with Gasteiger partial charge in [-0.25, -0.2) is 4.39 Å². The molecule has 0 bridgehead atoms. The maximum absolute atomic E-state index is 13.3. The number of halogens is 2. The summed E-state index contributed by atoms with van der Waals surface area (Å²) in [4.78, 5) is 6.26. The molecular formula is C16H17ClFN3. The summed E-state index contributed by atoms with van der Waals surface area (Å²) < 4.78 is 13.3. The van der Waals surface area contributed by atoms with Crippen LogP contribution in [-0.2, 0) is 6.54 Å². The third-order valence-electron chi connectivity index (χ3n) is 3.73. The van der Waals surface area contributed by atoms with Crippen molar-refractivity contribution in [2.75, 3.05) is 19.6 Å². The van der Waals surface area contributed by atoms with Crippen LogP contribution in [0.25, 0.3) is 0 Å². The molecule has 0 saturated carbocycles. The van der Waals surface area contributed by atoms with E-state index < -0.39 is 0 Å². The van der Waals surface area contributed by atoms with Gasteiger partial charge in [0.25, 0.3) is 0 Å². The van der Waals surface area contributed by atoms with Crippen LogP contribution < -0.4 is 5.32 Å². The molecule has 1 saturated heterocycles. The third-order valence-corrected chi connectivity index (χ3v) is 3.97. The molecule has 2 aromatic rings. The molecule has 0 amide bonds. The van der Waals surface area contributed by atoms with Gasteiger partial charge in [0, 0.05) is 43.4 Å². The molecule has 3 nitrogen and oxygen atoms in total. The minimum absolute atomic E-state index is 0.237. The summed E-state index contributed by atoms with van der Waals surface area (Å²) in [5.74, 6) is -0.290.